The molecule has 2 heterocycles. The maximum absolute atomic E-state index is 13.2. The van der Waals surface area contributed by atoms with Crippen LogP contribution in [0.15, 0.2) is 60.7 Å². The summed E-state index contributed by atoms with van der Waals surface area (Å²) in [5.74, 6) is -0.0401. The lowest BCUT2D eigenvalue weighted by Gasteiger charge is -2.44. The van der Waals surface area contributed by atoms with Gasteiger partial charge in [-0.1, -0.05) is 67.1 Å². The molecule has 2 aliphatic rings. The smallest absolute Gasteiger partial charge is 0.408 e. The Morgan fingerprint density at radius 3 is 2.33 bits per heavy atom. The standard InChI is InChI=1S/C30H40N2O4/c1-30(2,21-24-14-7-4-8-15-24)36-29(34)31-26(20-23-12-5-3-6-13-23)28(33)35-22-25-16-11-19-32-18-10-9-17-27(25)32/h3-8,12-15,25-27H,9-11,16-22H2,1-2H3,(H,31,34). The van der Waals surface area contributed by atoms with E-state index in [-0.39, 0.29) is 0 Å². The van der Waals surface area contributed by atoms with Crippen molar-refractivity contribution in [3.8, 4) is 0 Å². The Morgan fingerprint density at radius 2 is 1.61 bits per heavy atom. The predicted octanol–water partition coefficient (Wildman–Crippen LogP) is 5.15. The molecule has 0 saturated carbocycles. The molecule has 1 N–H and O–H groups in total. The zero-order valence-electron chi connectivity index (χ0n) is 21.7. The molecule has 2 aromatic rings. The molecule has 194 valence electrons. The zero-order valence-corrected chi connectivity index (χ0v) is 21.7. The fourth-order valence-corrected chi connectivity index (χ4v) is 5.65. The second-order valence-corrected chi connectivity index (χ2v) is 10.8. The summed E-state index contributed by atoms with van der Waals surface area (Å²) in [6.07, 6.45) is 6.24. The van der Waals surface area contributed by atoms with Crippen molar-refractivity contribution in [2.45, 2.75) is 76.5 Å². The molecule has 4 rings (SSSR count). The molecule has 0 bridgehead atoms. The summed E-state index contributed by atoms with van der Waals surface area (Å²) in [6.45, 7) is 6.46. The van der Waals surface area contributed by atoms with Gasteiger partial charge in [0.15, 0.2) is 0 Å². The highest BCUT2D eigenvalue weighted by molar-refractivity contribution is 5.81. The maximum Gasteiger partial charge on any atom is 0.408 e. The number of rotatable bonds is 9. The molecule has 2 aliphatic heterocycles. The summed E-state index contributed by atoms with van der Waals surface area (Å²) < 4.78 is 11.6. The van der Waals surface area contributed by atoms with Crippen LogP contribution < -0.4 is 5.32 Å². The average molecular weight is 493 g/mol. The molecular formula is C30H40N2O4. The van der Waals surface area contributed by atoms with Crippen molar-refractivity contribution in [2.24, 2.45) is 5.92 Å². The van der Waals surface area contributed by atoms with E-state index in [1.807, 2.05) is 74.5 Å². The number of piperidine rings is 2. The molecule has 2 saturated heterocycles. The van der Waals surface area contributed by atoms with Gasteiger partial charge < -0.3 is 14.8 Å². The molecule has 6 nitrogen and oxygen atoms in total. The number of hydrogen-bond acceptors (Lipinski definition) is 5. The topological polar surface area (TPSA) is 67.9 Å². The van der Waals surface area contributed by atoms with Gasteiger partial charge in [0.25, 0.3) is 0 Å². The van der Waals surface area contributed by atoms with Gasteiger partial charge in [-0.2, -0.15) is 0 Å². The molecular weight excluding hydrogens is 452 g/mol. The lowest BCUT2D eigenvalue weighted by Crippen LogP contribution is -2.50. The minimum atomic E-state index is -0.807. The van der Waals surface area contributed by atoms with Crippen LogP contribution in [0.25, 0.3) is 0 Å². The quantitative estimate of drug-likeness (QED) is 0.490. The highest BCUT2D eigenvalue weighted by atomic mass is 16.6. The summed E-state index contributed by atoms with van der Waals surface area (Å²) in [6, 6.07) is 19.3. The summed E-state index contributed by atoms with van der Waals surface area (Å²) in [5.41, 5.74) is 1.32. The molecule has 0 radical (unpaired) electrons. The summed E-state index contributed by atoms with van der Waals surface area (Å²) in [5, 5.41) is 2.81. The fourth-order valence-electron chi connectivity index (χ4n) is 5.65. The lowest BCUT2D eigenvalue weighted by molar-refractivity contribution is -0.149. The Hall–Kier alpha value is -2.86. The van der Waals surface area contributed by atoms with Crippen LogP contribution in [0, 0.1) is 5.92 Å². The molecule has 0 spiro atoms. The molecule has 0 aliphatic carbocycles. The first-order valence-corrected chi connectivity index (χ1v) is 13.4. The first-order chi connectivity index (χ1) is 17.4. The van der Waals surface area contributed by atoms with Gasteiger partial charge in [-0.05, 0) is 63.7 Å². The number of alkyl carbamates (subject to hydrolysis) is 1. The van der Waals surface area contributed by atoms with E-state index >= 15 is 0 Å². The van der Waals surface area contributed by atoms with Gasteiger partial charge >= 0.3 is 12.1 Å². The number of esters is 1. The van der Waals surface area contributed by atoms with Crippen molar-refractivity contribution in [1.29, 1.82) is 0 Å². The number of fused-ring (bicyclic) bond motifs is 1. The molecule has 3 atom stereocenters. The molecule has 2 aromatic carbocycles. The van der Waals surface area contributed by atoms with E-state index in [0.717, 1.165) is 37.1 Å². The maximum atomic E-state index is 13.2. The van der Waals surface area contributed by atoms with Gasteiger partial charge in [0.05, 0.1) is 6.61 Å². The molecule has 0 aromatic heterocycles. The third kappa shape index (κ3) is 7.57. The Kier molecular flexibility index (Phi) is 9.03. The SMILES string of the molecule is CC(C)(Cc1ccccc1)OC(=O)NC(Cc1ccccc1)C(=O)OCC1CCCN2CCCCC12. The number of amides is 1. The van der Waals surface area contributed by atoms with Gasteiger partial charge in [0.1, 0.15) is 11.6 Å². The van der Waals surface area contributed by atoms with Crippen LogP contribution in [0.3, 0.4) is 0 Å². The number of nitrogens with zero attached hydrogens (tertiary/aromatic N) is 1. The zero-order chi connectivity index (χ0) is 25.4. The van der Waals surface area contributed by atoms with Crippen LogP contribution in [0.2, 0.25) is 0 Å². The van der Waals surface area contributed by atoms with Crippen molar-refractivity contribution in [1.82, 2.24) is 10.2 Å². The molecule has 2 fully saturated rings. The minimum absolute atomic E-state index is 0.355. The minimum Gasteiger partial charge on any atom is -0.464 e. The van der Waals surface area contributed by atoms with Crippen molar-refractivity contribution in [3.05, 3.63) is 71.8 Å². The van der Waals surface area contributed by atoms with E-state index in [9.17, 15) is 9.59 Å². The third-order valence-electron chi connectivity index (χ3n) is 7.37. The van der Waals surface area contributed by atoms with E-state index < -0.39 is 23.7 Å². The van der Waals surface area contributed by atoms with Crippen molar-refractivity contribution < 1.29 is 19.1 Å². The van der Waals surface area contributed by atoms with Gasteiger partial charge in [-0.3, -0.25) is 4.90 Å². The number of carbonyl (C=O) groups is 2. The number of carbonyl (C=O) groups excluding carboxylic acids is 2. The lowest BCUT2D eigenvalue weighted by atomic mass is 9.84. The van der Waals surface area contributed by atoms with Gasteiger partial charge in [0, 0.05) is 24.8 Å². The van der Waals surface area contributed by atoms with Crippen LogP contribution in [0.5, 0.6) is 0 Å². The Bertz CT molecular complexity index is 977. The Labute approximate surface area is 215 Å². The van der Waals surface area contributed by atoms with Crippen LogP contribution in [-0.4, -0.2) is 54.3 Å². The predicted molar refractivity (Wildman–Crippen MR) is 141 cm³/mol. The van der Waals surface area contributed by atoms with Gasteiger partial charge in [-0.25, -0.2) is 9.59 Å². The highest BCUT2D eigenvalue weighted by Gasteiger charge is 2.35. The third-order valence-corrected chi connectivity index (χ3v) is 7.37. The van der Waals surface area contributed by atoms with Crippen molar-refractivity contribution in [2.75, 3.05) is 19.7 Å². The van der Waals surface area contributed by atoms with Gasteiger partial charge in [-0.15, -0.1) is 0 Å². The van der Waals surface area contributed by atoms with Crippen LogP contribution in [0.4, 0.5) is 4.79 Å². The van der Waals surface area contributed by atoms with E-state index in [2.05, 4.69) is 10.2 Å². The molecule has 36 heavy (non-hydrogen) atoms. The van der Waals surface area contributed by atoms with Crippen LogP contribution in [0.1, 0.15) is 57.1 Å². The van der Waals surface area contributed by atoms with Crippen LogP contribution in [-0.2, 0) is 27.1 Å². The number of ether oxygens (including phenoxy) is 2. The summed E-state index contributed by atoms with van der Waals surface area (Å²) in [4.78, 5) is 28.7. The highest BCUT2D eigenvalue weighted by Crippen LogP contribution is 2.31. The number of hydrogen-bond donors (Lipinski definition) is 1. The van der Waals surface area contributed by atoms with Crippen molar-refractivity contribution in [3.63, 3.8) is 0 Å². The van der Waals surface area contributed by atoms with Crippen molar-refractivity contribution >= 4 is 12.1 Å². The first-order valence-electron chi connectivity index (χ1n) is 13.4. The Balaban J connectivity index is 1.37. The monoisotopic (exact) mass is 492 g/mol. The molecule has 6 heteroatoms. The van der Waals surface area contributed by atoms with Crippen LogP contribution >= 0.6 is 0 Å². The van der Waals surface area contributed by atoms with E-state index in [1.54, 1.807) is 0 Å². The molecule has 1 amide bonds. The fraction of sp³-hybridized carbons (Fsp3) is 0.533. The number of nitrogens with one attached hydrogen (secondary N) is 1. The van der Waals surface area contributed by atoms with E-state index in [0.29, 0.717) is 31.4 Å². The molecule has 3 unspecified atom stereocenters. The first kappa shape index (κ1) is 26.2. The Morgan fingerprint density at radius 1 is 0.944 bits per heavy atom. The normalized spacial score (nSPS) is 21.2. The average Bonchev–Trinajstić information content (AvgIpc) is 2.87. The van der Waals surface area contributed by atoms with E-state index in [1.165, 1.54) is 19.3 Å². The van der Waals surface area contributed by atoms with Gasteiger partial charge in [0.2, 0.25) is 0 Å². The summed E-state index contributed by atoms with van der Waals surface area (Å²) >= 11 is 0. The van der Waals surface area contributed by atoms with E-state index in [4.69, 9.17) is 9.47 Å². The summed E-state index contributed by atoms with van der Waals surface area (Å²) in [7, 11) is 0. The second-order valence-electron chi connectivity index (χ2n) is 10.8. The second kappa shape index (κ2) is 12.4. The largest absolute Gasteiger partial charge is 0.464 e. The number of benzene rings is 2.